The molecule has 7 heteroatoms. The second kappa shape index (κ2) is 8.64. The van der Waals surface area contributed by atoms with Crippen molar-refractivity contribution in [1.29, 1.82) is 0 Å². The number of rotatable bonds is 6. The van der Waals surface area contributed by atoms with Gasteiger partial charge in [0.1, 0.15) is 11.3 Å². The van der Waals surface area contributed by atoms with Gasteiger partial charge in [0, 0.05) is 36.6 Å². The topological polar surface area (TPSA) is 91.3 Å². The summed E-state index contributed by atoms with van der Waals surface area (Å²) in [5.74, 6) is 5.45. The van der Waals surface area contributed by atoms with Gasteiger partial charge in [0.2, 0.25) is 0 Å². The molecule has 7 nitrogen and oxygen atoms in total. The van der Waals surface area contributed by atoms with Gasteiger partial charge in [-0.3, -0.25) is 14.0 Å². The van der Waals surface area contributed by atoms with E-state index in [1.807, 2.05) is 25.1 Å². The molecule has 0 saturated carbocycles. The lowest BCUT2D eigenvalue weighted by atomic mass is 10.1. The summed E-state index contributed by atoms with van der Waals surface area (Å²) in [6, 6.07) is 14.5. The minimum absolute atomic E-state index is 0.107. The van der Waals surface area contributed by atoms with Gasteiger partial charge in [0.15, 0.2) is 0 Å². The summed E-state index contributed by atoms with van der Waals surface area (Å²) >= 11 is 0. The molecular formula is C23H21N5O2. The van der Waals surface area contributed by atoms with Crippen molar-refractivity contribution in [3.05, 3.63) is 82.0 Å². The summed E-state index contributed by atoms with van der Waals surface area (Å²) in [5, 5.41) is 7.20. The van der Waals surface area contributed by atoms with Gasteiger partial charge in [-0.15, -0.1) is 5.92 Å². The first kappa shape index (κ1) is 19.4. The van der Waals surface area contributed by atoms with Crippen LogP contribution < -0.4 is 16.2 Å². The van der Waals surface area contributed by atoms with Crippen molar-refractivity contribution >= 4 is 22.5 Å². The molecule has 0 atom stereocenters. The highest BCUT2D eigenvalue weighted by atomic mass is 16.2. The Bertz CT molecular complexity index is 1340. The van der Waals surface area contributed by atoms with Crippen molar-refractivity contribution in [2.24, 2.45) is 0 Å². The van der Waals surface area contributed by atoms with Crippen molar-refractivity contribution in [3.8, 4) is 11.8 Å². The second-order valence-electron chi connectivity index (χ2n) is 6.84. The second-order valence-corrected chi connectivity index (χ2v) is 6.84. The molecule has 0 radical (unpaired) electrons. The Morgan fingerprint density at radius 1 is 1.17 bits per heavy atom. The third-order valence-corrected chi connectivity index (χ3v) is 4.70. The van der Waals surface area contributed by atoms with Gasteiger partial charge in [-0.1, -0.05) is 24.1 Å². The number of pyridine rings is 1. The Hall–Kier alpha value is -3.89. The quantitative estimate of drug-likeness (QED) is 0.343. The maximum atomic E-state index is 12.5. The Morgan fingerprint density at radius 2 is 2.07 bits per heavy atom. The summed E-state index contributed by atoms with van der Waals surface area (Å²) < 4.78 is 1.40. The van der Waals surface area contributed by atoms with Crippen LogP contribution in [0.1, 0.15) is 28.7 Å². The zero-order chi connectivity index (χ0) is 20.9. The molecule has 1 amide bonds. The van der Waals surface area contributed by atoms with Crippen molar-refractivity contribution in [2.75, 3.05) is 6.54 Å². The fourth-order valence-electron chi connectivity index (χ4n) is 3.23. The summed E-state index contributed by atoms with van der Waals surface area (Å²) in [5.41, 5.74) is 3.29. The molecule has 0 spiro atoms. The Labute approximate surface area is 173 Å². The lowest BCUT2D eigenvalue weighted by Crippen LogP contribution is -2.26. The summed E-state index contributed by atoms with van der Waals surface area (Å²) in [6.07, 6.45) is 1.62. The van der Waals surface area contributed by atoms with Crippen molar-refractivity contribution < 1.29 is 4.79 Å². The molecule has 0 saturated heterocycles. The zero-order valence-electron chi connectivity index (χ0n) is 16.5. The van der Waals surface area contributed by atoms with Gasteiger partial charge < -0.3 is 15.6 Å². The number of aromatic nitrogens is 3. The molecule has 30 heavy (non-hydrogen) atoms. The molecule has 0 bridgehead atoms. The van der Waals surface area contributed by atoms with Crippen LogP contribution in [0.15, 0.2) is 59.5 Å². The number of hydrogen-bond donors (Lipinski definition) is 3. The maximum Gasteiger partial charge on any atom is 0.270 e. The van der Waals surface area contributed by atoms with E-state index in [2.05, 4.69) is 38.5 Å². The highest BCUT2D eigenvalue weighted by Crippen LogP contribution is 2.17. The van der Waals surface area contributed by atoms with Crippen LogP contribution in [-0.4, -0.2) is 26.8 Å². The molecule has 0 aliphatic carbocycles. The van der Waals surface area contributed by atoms with E-state index >= 15 is 0 Å². The average Bonchev–Trinajstić information content (AvgIpc) is 3.17. The van der Waals surface area contributed by atoms with E-state index in [1.165, 1.54) is 10.5 Å². The number of nitrogens with one attached hydrogen (secondary N) is 3. The Morgan fingerprint density at radius 3 is 2.93 bits per heavy atom. The number of carbonyl (C=O) groups is 1. The molecule has 0 aliphatic rings. The van der Waals surface area contributed by atoms with E-state index in [4.69, 9.17) is 0 Å². The lowest BCUT2D eigenvalue weighted by molar-refractivity contribution is 0.0946. The third-order valence-electron chi connectivity index (χ3n) is 4.70. The predicted molar refractivity (Wildman–Crippen MR) is 116 cm³/mol. The first-order chi connectivity index (χ1) is 14.6. The number of H-pyrrole nitrogens is 1. The lowest BCUT2D eigenvalue weighted by Gasteiger charge is -2.06. The van der Waals surface area contributed by atoms with E-state index in [0.29, 0.717) is 25.3 Å². The number of benzene rings is 1. The maximum absolute atomic E-state index is 12.5. The van der Waals surface area contributed by atoms with Gasteiger partial charge in [-0.05, 0) is 42.1 Å². The molecule has 3 N–H and O–H groups in total. The minimum atomic E-state index is -0.382. The van der Waals surface area contributed by atoms with Crippen molar-refractivity contribution in [2.45, 2.75) is 20.0 Å². The first-order valence-electron chi connectivity index (χ1n) is 9.61. The highest BCUT2D eigenvalue weighted by Gasteiger charge is 2.10. The average molecular weight is 399 g/mol. The molecule has 0 fully saturated rings. The van der Waals surface area contributed by atoms with Crippen LogP contribution in [0.5, 0.6) is 0 Å². The molecule has 4 rings (SSSR count). The van der Waals surface area contributed by atoms with Crippen molar-refractivity contribution in [1.82, 2.24) is 25.0 Å². The van der Waals surface area contributed by atoms with E-state index < -0.39 is 0 Å². The number of amides is 1. The van der Waals surface area contributed by atoms with Gasteiger partial charge in [0.25, 0.3) is 11.5 Å². The van der Waals surface area contributed by atoms with Crippen LogP contribution >= 0.6 is 0 Å². The fourth-order valence-corrected chi connectivity index (χ4v) is 3.23. The largest absolute Gasteiger partial charge is 0.357 e. The molecular weight excluding hydrogens is 378 g/mol. The first-order valence-corrected chi connectivity index (χ1v) is 9.61. The number of aromatic amines is 1. The highest BCUT2D eigenvalue weighted by molar-refractivity contribution is 5.92. The summed E-state index contributed by atoms with van der Waals surface area (Å²) in [6.45, 7) is 3.51. The van der Waals surface area contributed by atoms with Crippen LogP contribution in [0, 0.1) is 11.8 Å². The van der Waals surface area contributed by atoms with E-state index in [1.54, 1.807) is 24.4 Å². The molecule has 0 aliphatic heterocycles. The summed E-state index contributed by atoms with van der Waals surface area (Å²) in [4.78, 5) is 32.3. The van der Waals surface area contributed by atoms with Crippen LogP contribution in [0.25, 0.3) is 16.6 Å². The van der Waals surface area contributed by atoms with Gasteiger partial charge in [-0.25, -0.2) is 4.98 Å². The Kier molecular flexibility index (Phi) is 5.59. The third kappa shape index (κ3) is 4.24. The minimum Gasteiger partial charge on any atom is -0.357 e. The van der Waals surface area contributed by atoms with Crippen molar-refractivity contribution in [3.63, 3.8) is 0 Å². The molecule has 3 aromatic heterocycles. The van der Waals surface area contributed by atoms with E-state index in [-0.39, 0.29) is 17.2 Å². The monoisotopic (exact) mass is 399 g/mol. The fraction of sp³-hybridized carbons (Fsp3) is 0.174. The molecule has 0 unspecified atom stereocenters. The SMILES string of the molecule is CC#CCNCc1cc2ccc(CNC(=O)c3cc(=O)n4ccccc4n3)cc2[nH]1. The van der Waals surface area contributed by atoms with Crippen LogP contribution in [-0.2, 0) is 13.1 Å². The summed E-state index contributed by atoms with van der Waals surface area (Å²) in [7, 11) is 0. The van der Waals surface area contributed by atoms with E-state index in [0.717, 1.165) is 22.2 Å². The zero-order valence-corrected chi connectivity index (χ0v) is 16.5. The van der Waals surface area contributed by atoms with Crippen LogP contribution in [0.4, 0.5) is 0 Å². The van der Waals surface area contributed by atoms with Gasteiger partial charge >= 0.3 is 0 Å². The molecule has 150 valence electrons. The predicted octanol–water partition coefficient (Wildman–Crippen LogP) is 2.22. The number of nitrogens with zero attached hydrogens (tertiary/aromatic N) is 2. The number of hydrogen-bond acceptors (Lipinski definition) is 4. The molecule has 1 aromatic carbocycles. The molecule has 4 aromatic rings. The molecule has 3 heterocycles. The van der Waals surface area contributed by atoms with E-state index in [9.17, 15) is 9.59 Å². The van der Waals surface area contributed by atoms with Crippen LogP contribution in [0.2, 0.25) is 0 Å². The Balaban J connectivity index is 1.44. The smallest absolute Gasteiger partial charge is 0.270 e. The van der Waals surface area contributed by atoms with Gasteiger partial charge in [0.05, 0.1) is 6.54 Å². The number of carbonyl (C=O) groups excluding carboxylic acids is 1. The van der Waals surface area contributed by atoms with Gasteiger partial charge in [-0.2, -0.15) is 0 Å². The standard InChI is InChI=1S/C23H21N5O2/c1-2-3-9-24-15-18-12-17-8-7-16(11-19(17)26-18)14-25-23(30)20-13-22(29)28-10-5-4-6-21(28)27-20/h4-8,10-13,24,26H,9,14-15H2,1H3,(H,25,30). The van der Waals surface area contributed by atoms with Crippen LogP contribution in [0.3, 0.4) is 0 Å². The number of fused-ring (bicyclic) bond motifs is 2. The normalized spacial score (nSPS) is 10.7.